The third-order valence-corrected chi connectivity index (χ3v) is 4.50. The molecule has 6 heteroatoms. The molecule has 0 atom stereocenters. The van der Waals surface area contributed by atoms with E-state index in [1.807, 2.05) is 66.7 Å². The van der Waals surface area contributed by atoms with E-state index < -0.39 is 0 Å². The van der Waals surface area contributed by atoms with Gasteiger partial charge in [-0.1, -0.05) is 48.2 Å². The van der Waals surface area contributed by atoms with Crippen LogP contribution in [0.2, 0.25) is 0 Å². The number of pyridine rings is 1. The molecule has 2 aromatic heterocycles. The zero-order chi connectivity index (χ0) is 17.6. The second-order valence-electron chi connectivity index (χ2n) is 5.42. The Bertz CT molecular complexity index is 975. The molecule has 0 spiro atoms. The van der Waals surface area contributed by atoms with E-state index in [1.54, 1.807) is 12.4 Å². The van der Waals surface area contributed by atoms with Crippen LogP contribution in [0, 0.1) is 0 Å². The van der Waals surface area contributed by atoms with Gasteiger partial charge in [-0.15, -0.1) is 10.2 Å². The molecule has 0 saturated heterocycles. The summed E-state index contributed by atoms with van der Waals surface area (Å²) in [5, 5.41) is 8.72. The summed E-state index contributed by atoms with van der Waals surface area (Å²) < 4.78 is 11.7. The van der Waals surface area contributed by atoms with Crippen molar-refractivity contribution in [2.24, 2.45) is 0 Å². The van der Waals surface area contributed by atoms with E-state index in [9.17, 15) is 0 Å². The molecule has 4 aromatic rings. The van der Waals surface area contributed by atoms with Gasteiger partial charge in [0.1, 0.15) is 11.5 Å². The molecule has 0 aliphatic rings. The Kier molecular flexibility index (Phi) is 4.93. The van der Waals surface area contributed by atoms with Gasteiger partial charge in [0, 0.05) is 29.3 Å². The maximum atomic E-state index is 5.99. The fourth-order valence-corrected chi connectivity index (χ4v) is 3.11. The van der Waals surface area contributed by atoms with Crippen LogP contribution in [0.15, 0.2) is 88.8 Å². The average Bonchev–Trinajstić information content (AvgIpc) is 3.18. The van der Waals surface area contributed by atoms with Crippen molar-refractivity contribution in [1.82, 2.24) is 15.2 Å². The maximum Gasteiger partial charge on any atom is 0.277 e. The van der Waals surface area contributed by atoms with Gasteiger partial charge in [-0.2, -0.15) is 0 Å². The van der Waals surface area contributed by atoms with Crippen LogP contribution in [0.25, 0.3) is 11.5 Å². The smallest absolute Gasteiger partial charge is 0.277 e. The average molecular weight is 361 g/mol. The lowest BCUT2D eigenvalue weighted by atomic mass is 10.2. The Labute approximate surface area is 155 Å². The van der Waals surface area contributed by atoms with Crippen LogP contribution in [0.4, 0.5) is 0 Å². The molecule has 0 saturated carbocycles. The van der Waals surface area contributed by atoms with E-state index >= 15 is 0 Å². The number of aromatic nitrogens is 3. The Morgan fingerprint density at radius 2 is 1.62 bits per heavy atom. The molecule has 0 aliphatic carbocycles. The van der Waals surface area contributed by atoms with Crippen molar-refractivity contribution in [3.05, 3.63) is 84.7 Å². The quantitative estimate of drug-likeness (QED) is 0.439. The molecule has 0 aliphatic heterocycles. The lowest BCUT2D eigenvalue weighted by Crippen LogP contribution is -1.90. The second-order valence-corrected chi connectivity index (χ2v) is 6.35. The van der Waals surface area contributed by atoms with Crippen LogP contribution >= 0.6 is 11.8 Å². The summed E-state index contributed by atoms with van der Waals surface area (Å²) in [4.78, 5) is 3.99. The first-order valence-corrected chi connectivity index (χ1v) is 9.04. The SMILES string of the molecule is c1ccc(Oc2ccccc2CSc2nnc(-c3ccncc3)o2)cc1. The molecule has 0 bridgehead atoms. The molecule has 26 heavy (non-hydrogen) atoms. The number of rotatable bonds is 6. The highest BCUT2D eigenvalue weighted by Crippen LogP contribution is 2.31. The molecule has 128 valence electrons. The molecular weight excluding hydrogens is 346 g/mol. The normalized spacial score (nSPS) is 10.6. The summed E-state index contributed by atoms with van der Waals surface area (Å²) in [6.45, 7) is 0. The van der Waals surface area contributed by atoms with Gasteiger partial charge in [0.05, 0.1) is 0 Å². The summed E-state index contributed by atoms with van der Waals surface area (Å²) in [7, 11) is 0. The predicted octanol–water partition coefficient (Wildman–Crippen LogP) is 5.22. The third-order valence-electron chi connectivity index (χ3n) is 3.63. The summed E-state index contributed by atoms with van der Waals surface area (Å²) in [5.74, 6) is 2.78. The lowest BCUT2D eigenvalue weighted by Gasteiger charge is -2.10. The first-order chi connectivity index (χ1) is 12.9. The van der Waals surface area contributed by atoms with E-state index in [4.69, 9.17) is 9.15 Å². The van der Waals surface area contributed by atoms with Gasteiger partial charge >= 0.3 is 0 Å². The van der Waals surface area contributed by atoms with Gasteiger partial charge in [0.2, 0.25) is 5.89 Å². The van der Waals surface area contributed by atoms with Gasteiger partial charge in [-0.25, -0.2) is 0 Å². The van der Waals surface area contributed by atoms with Crippen molar-refractivity contribution in [2.75, 3.05) is 0 Å². The highest BCUT2D eigenvalue weighted by Gasteiger charge is 2.11. The maximum absolute atomic E-state index is 5.99. The van der Waals surface area contributed by atoms with Crippen molar-refractivity contribution in [3.63, 3.8) is 0 Å². The number of benzene rings is 2. The number of para-hydroxylation sites is 2. The van der Waals surface area contributed by atoms with Crippen molar-refractivity contribution < 1.29 is 9.15 Å². The van der Waals surface area contributed by atoms with E-state index in [2.05, 4.69) is 15.2 Å². The number of hydrogen-bond acceptors (Lipinski definition) is 6. The molecule has 0 fully saturated rings. The summed E-state index contributed by atoms with van der Waals surface area (Å²) >= 11 is 1.48. The topological polar surface area (TPSA) is 61.0 Å². The molecule has 2 aromatic carbocycles. The standard InChI is InChI=1S/C20H15N3O2S/c1-2-7-17(8-3-1)24-18-9-5-4-6-16(18)14-26-20-23-22-19(25-20)15-10-12-21-13-11-15/h1-13H,14H2. The van der Waals surface area contributed by atoms with Crippen molar-refractivity contribution in [2.45, 2.75) is 11.0 Å². The van der Waals surface area contributed by atoms with Crippen molar-refractivity contribution in [3.8, 4) is 23.0 Å². The van der Waals surface area contributed by atoms with Crippen LogP contribution in [0.3, 0.4) is 0 Å². The monoisotopic (exact) mass is 361 g/mol. The number of ether oxygens (including phenoxy) is 1. The Balaban J connectivity index is 1.46. The lowest BCUT2D eigenvalue weighted by molar-refractivity contribution is 0.465. The largest absolute Gasteiger partial charge is 0.457 e. The van der Waals surface area contributed by atoms with E-state index in [0.29, 0.717) is 16.9 Å². The predicted molar refractivity (Wildman–Crippen MR) is 100 cm³/mol. The van der Waals surface area contributed by atoms with Crippen LogP contribution in [-0.4, -0.2) is 15.2 Å². The zero-order valence-electron chi connectivity index (χ0n) is 13.8. The van der Waals surface area contributed by atoms with Crippen LogP contribution in [0.5, 0.6) is 11.5 Å². The molecule has 0 unspecified atom stereocenters. The number of thioether (sulfide) groups is 1. The minimum Gasteiger partial charge on any atom is -0.457 e. The highest BCUT2D eigenvalue weighted by atomic mass is 32.2. The van der Waals surface area contributed by atoms with Gasteiger partial charge in [-0.3, -0.25) is 4.98 Å². The molecule has 0 radical (unpaired) electrons. The fourth-order valence-electron chi connectivity index (χ4n) is 2.36. The van der Waals surface area contributed by atoms with Crippen molar-refractivity contribution in [1.29, 1.82) is 0 Å². The Morgan fingerprint density at radius 3 is 2.46 bits per heavy atom. The van der Waals surface area contributed by atoms with Gasteiger partial charge in [-0.05, 0) is 30.3 Å². The molecule has 0 N–H and O–H groups in total. The molecule has 4 rings (SSSR count). The van der Waals surface area contributed by atoms with Crippen LogP contribution < -0.4 is 4.74 Å². The van der Waals surface area contributed by atoms with Crippen molar-refractivity contribution >= 4 is 11.8 Å². The Morgan fingerprint density at radius 1 is 0.846 bits per heavy atom. The zero-order valence-corrected chi connectivity index (χ0v) is 14.6. The fraction of sp³-hybridized carbons (Fsp3) is 0.0500. The summed E-state index contributed by atoms with van der Waals surface area (Å²) in [6, 6.07) is 21.3. The van der Waals surface area contributed by atoms with E-state index in [1.165, 1.54) is 11.8 Å². The number of hydrogen-bond donors (Lipinski definition) is 0. The third kappa shape index (κ3) is 3.92. The second kappa shape index (κ2) is 7.84. The first kappa shape index (κ1) is 16.4. The van der Waals surface area contributed by atoms with Gasteiger partial charge < -0.3 is 9.15 Å². The minimum atomic E-state index is 0.490. The summed E-state index contributed by atoms with van der Waals surface area (Å²) in [5.41, 5.74) is 1.91. The molecule has 5 nitrogen and oxygen atoms in total. The molecule has 0 amide bonds. The highest BCUT2D eigenvalue weighted by molar-refractivity contribution is 7.98. The number of nitrogens with zero attached hydrogens (tertiary/aromatic N) is 3. The molecule has 2 heterocycles. The van der Waals surface area contributed by atoms with Crippen LogP contribution in [-0.2, 0) is 5.75 Å². The van der Waals surface area contributed by atoms with E-state index in [-0.39, 0.29) is 0 Å². The first-order valence-electron chi connectivity index (χ1n) is 8.06. The van der Waals surface area contributed by atoms with E-state index in [0.717, 1.165) is 22.6 Å². The minimum absolute atomic E-state index is 0.490. The van der Waals surface area contributed by atoms with Gasteiger partial charge in [0.25, 0.3) is 5.22 Å². The molecular formula is C20H15N3O2S. The van der Waals surface area contributed by atoms with Gasteiger partial charge in [0.15, 0.2) is 0 Å². The Hall–Kier alpha value is -3.12. The summed E-state index contributed by atoms with van der Waals surface area (Å²) in [6.07, 6.45) is 3.40. The van der Waals surface area contributed by atoms with Crippen LogP contribution in [0.1, 0.15) is 5.56 Å².